The van der Waals surface area contributed by atoms with E-state index >= 15 is 0 Å². The van der Waals surface area contributed by atoms with E-state index < -0.39 is 0 Å². The van der Waals surface area contributed by atoms with E-state index in [4.69, 9.17) is 5.73 Å². The van der Waals surface area contributed by atoms with Gasteiger partial charge in [0.1, 0.15) is 5.78 Å². The summed E-state index contributed by atoms with van der Waals surface area (Å²) in [5.41, 5.74) is 7.42. The highest BCUT2D eigenvalue weighted by atomic mass is 16.1. The van der Waals surface area contributed by atoms with Crippen molar-refractivity contribution in [2.75, 3.05) is 0 Å². The number of hydrogen-bond acceptors (Lipinski definition) is 2. The highest BCUT2D eigenvalue weighted by Gasteiger charge is 2.14. The molecule has 0 spiro atoms. The molecule has 0 bridgehead atoms. The van der Waals surface area contributed by atoms with E-state index in [1.807, 2.05) is 30.3 Å². The molecule has 0 amide bonds. The number of rotatable bonds is 6. The van der Waals surface area contributed by atoms with Gasteiger partial charge in [-0.05, 0) is 23.8 Å². The molecule has 0 aliphatic rings. The maximum Gasteiger partial charge on any atom is 0.133 e. The lowest BCUT2D eigenvalue weighted by molar-refractivity contribution is -0.119. The molecule has 0 aliphatic carbocycles. The average molecular weight is 247 g/mol. The van der Waals surface area contributed by atoms with E-state index in [1.165, 1.54) is 0 Å². The summed E-state index contributed by atoms with van der Waals surface area (Å²) >= 11 is 0. The zero-order valence-electron chi connectivity index (χ0n) is 11.8. The van der Waals surface area contributed by atoms with E-state index in [2.05, 4.69) is 20.8 Å². The Kier molecular flexibility index (Phi) is 5.54. The molecule has 0 aliphatic heterocycles. The van der Waals surface area contributed by atoms with Crippen molar-refractivity contribution in [3.63, 3.8) is 0 Å². The molecule has 0 fully saturated rings. The van der Waals surface area contributed by atoms with Crippen molar-refractivity contribution in [1.29, 1.82) is 0 Å². The van der Waals surface area contributed by atoms with Gasteiger partial charge in [-0.15, -0.1) is 0 Å². The van der Waals surface area contributed by atoms with Crippen LogP contribution >= 0.6 is 0 Å². The second kappa shape index (κ2) is 6.69. The van der Waals surface area contributed by atoms with Gasteiger partial charge in [0, 0.05) is 18.9 Å². The maximum atomic E-state index is 11.8. The standard InChI is InChI=1S/C16H25NO/c1-16(2,3)12-11-14(18)9-10-15(17)13-7-5-4-6-8-13/h4-8,15H,9-12,17H2,1-3H3. The third kappa shape index (κ3) is 5.97. The van der Waals surface area contributed by atoms with Gasteiger partial charge < -0.3 is 5.73 Å². The molecule has 2 N–H and O–H groups in total. The number of carbonyl (C=O) groups is 1. The minimum Gasteiger partial charge on any atom is -0.324 e. The summed E-state index contributed by atoms with van der Waals surface area (Å²) in [5.74, 6) is 0.330. The summed E-state index contributed by atoms with van der Waals surface area (Å²) in [7, 11) is 0. The first kappa shape index (κ1) is 14.9. The second-order valence-corrected chi connectivity index (χ2v) is 6.16. The zero-order valence-corrected chi connectivity index (χ0v) is 11.8. The van der Waals surface area contributed by atoms with Gasteiger partial charge in [0.25, 0.3) is 0 Å². The fraction of sp³-hybridized carbons (Fsp3) is 0.562. The molecular weight excluding hydrogens is 222 g/mol. The molecule has 0 aromatic heterocycles. The third-order valence-corrected chi connectivity index (χ3v) is 3.12. The molecule has 1 aromatic rings. The molecule has 1 atom stereocenters. The highest BCUT2D eigenvalue weighted by Crippen LogP contribution is 2.22. The summed E-state index contributed by atoms with van der Waals surface area (Å²) < 4.78 is 0. The predicted molar refractivity (Wildman–Crippen MR) is 76.3 cm³/mol. The average Bonchev–Trinajstić information content (AvgIpc) is 2.33. The molecule has 1 unspecified atom stereocenters. The Bertz CT molecular complexity index is 364. The Morgan fingerprint density at radius 3 is 2.33 bits per heavy atom. The molecule has 0 radical (unpaired) electrons. The van der Waals surface area contributed by atoms with Gasteiger partial charge >= 0.3 is 0 Å². The van der Waals surface area contributed by atoms with Gasteiger partial charge in [-0.3, -0.25) is 4.79 Å². The Morgan fingerprint density at radius 2 is 1.78 bits per heavy atom. The van der Waals surface area contributed by atoms with Crippen molar-refractivity contribution >= 4 is 5.78 Å². The van der Waals surface area contributed by atoms with Crippen LogP contribution in [0, 0.1) is 5.41 Å². The minimum absolute atomic E-state index is 0.0233. The molecule has 1 rings (SSSR count). The van der Waals surface area contributed by atoms with Gasteiger partial charge in [-0.1, -0.05) is 51.1 Å². The molecule has 100 valence electrons. The van der Waals surface area contributed by atoms with Crippen molar-refractivity contribution in [1.82, 2.24) is 0 Å². The first-order valence-electron chi connectivity index (χ1n) is 6.71. The van der Waals surface area contributed by atoms with E-state index in [0.29, 0.717) is 18.6 Å². The third-order valence-electron chi connectivity index (χ3n) is 3.12. The number of carbonyl (C=O) groups excluding carboxylic acids is 1. The molecule has 0 heterocycles. The van der Waals surface area contributed by atoms with E-state index in [0.717, 1.165) is 18.4 Å². The minimum atomic E-state index is -0.0233. The van der Waals surface area contributed by atoms with Crippen LogP contribution in [0.2, 0.25) is 0 Å². The molecule has 2 heteroatoms. The fourth-order valence-corrected chi connectivity index (χ4v) is 1.82. The van der Waals surface area contributed by atoms with Crippen molar-refractivity contribution < 1.29 is 4.79 Å². The van der Waals surface area contributed by atoms with E-state index in [1.54, 1.807) is 0 Å². The van der Waals surface area contributed by atoms with Crippen LogP contribution in [0.25, 0.3) is 0 Å². The monoisotopic (exact) mass is 247 g/mol. The van der Waals surface area contributed by atoms with Gasteiger partial charge in [0.05, 0.1) is 0 Å². The smallest absolute Gasteiger partial charge is 0.133 e. The normalized spacial score (nSPS) is 13.3. The Hall–Kier alpha value is -1.15. The Labute approximate surface area is 111 Å². The van der Waals surface area contributed by atoms with Crippen LogP contribution < -0.4 is 5.73 Å². The highest BCUT2D eigenvalue weighted by molar-refractivity contribution is 5.78. The van der Waals surface area contributed by atoms with Crippen LogP contribution in [-0.4, -0.2) is 5.78 Å². The largest absolute Gasteiger partial charge is 0.324 e. The number of ketones is 1. The number of benzene rings is 1. The van der Waals surface area contributed by atoms with E-state index in [9.17, 15) is 4.79 Å². The van der Waals surface area contributed by atoms with Crippen molar-refractivity contribution in [3.05, 3.63) is 35.9 Å². The summed E-state index contributed by atoms with van der Waals surface area (Å²) in [6.45, 7) is 6.49. The predicted octanol–water partition coefficient (Wildman–Crippen LogP) is 3.86. The first-order valence-corrected chi connectivity index (χ1v) is 6.71. The van der Waals surface area contributed by atoms with Crippen LogP contribution in [-0.2, 0) is 4.79 Å². The number of nitrogens with two attached hydrogens (primary N) is 1. The lowest BCUT2D eigenvalue weighted by Gasteiger charge is -2.17. The lowest BCUT2D eigenvalue weighted by atomic mass is 9.88. The topological polar surface area (TPSA) is 43.1 Å². The van der Waals surface area contributed by atoms with Gasteiger partial charge in [-0.2, -0.15) is 0 Å². The molecule has 1 aromatic carbocycles. The second-order valence-electron chi connectivity index (χ2n) is 6.16. The van der Waals surface area contributed by atoms with Crippen LogP contribution in [0.1, 0.15) is 58.1 Å². The van der Waals surface area contributed by atoms with Crippen molar-refractivity contribution in [2.45, 2.75) is 52.5 Å². The summed E-state index contributed by atoms with van der Waals surface area (Å²) in [6, 6.07) is 9.96. The molecular formula is C16H25NO. The van der Waals surface area contributed by atoms with E-state index in [-0.39, 0.29) is 11.5 Å². The van der Waals surface area contributed by atoms with Gasteiger partial charge in [0.2, 0.25) is 0 Å². The molecule has 0 saturated carbocycles. The maximum absolute atomic E-state index is 11.8. The van der Waals surface area contributed by atoms with Crippen LogP contribution in [0.4, 0.5) is 0 Å². The summed E-state index contributed by atoms with van der Waals surface area (Å²) in [6.07, 6.45) is 2.95. The van der Waals surface area contributed by atoms with Crippen LogP contribution in [0.15, 0.2) is 30.3 Å². The summed E-state index contributed by atoms with van der Waals surface area (Å²) in [5, 5.41) is 0. The quantitative estimate of drug-likeness (QED) is 0.829. The lowest BCUT2D eigenvalue weighted by Crippen LogP contribution is -2.13. The van der Waals surface area contributed by atoms with Gasteiger partial charge in [-0.25, -0.2) is 0 Å². The fourth-order valence-electron chi connectivity index (χ4n) is 1.82. The molecule has 2 nitrogen and oxygen atoms in total. The number of hydrogen-bond donors (Lipinski definition) is 1. The van der Waals surface area contributed by atoms with Crippen molar-refractivity contribution in [2.24, 2.45) is 11.1 Å². The molecule has 18 heavy (non-hydrogen) atoms. The van der Waals surface area contributed by atoms with Gasteiger partial charge in [0.15, 0.2) is 0 Å². The van der Waals surface area contributed by atoms with Crippen LogP contribution in [0.5, 0.6) is 0 Å². The Morgan fingerprint density at radius 1 is 1.17 bits per heavy atom. The van der Waals surface area contributed by atoms with Crippen molar-refractivity contribution in [3.8, 4) is 0 Å². The SMILES string of the molecule is CC(C)(C)CCC(=O)CCC(N)c1ccccc1. The number of Topliss-reactive ketones (excluding diaryl/α,β-unsaturated/α-hetero) is 1. The zero-order chi connectivity index (χ0) is 13.6. The first-order chi connectivity index (χ1) is 8.38. The summed E-state index contributed by atoms with van der Waals surface area (Å²) in [4.78, 5) is 11.8. The van der Waals surface area contributed by atoms with Crippen LogP contribution in [0.3, 0.4) is 0 Å². The molecule has 0 saturated heterocycles. The Balaban J connectivity index is 2.31.